The number of likely N-dealkylation sites (tertiary alicyclic amines) is 1. The molecule has 2 heterocycles. The zero-order valence-corrected chi connectivity index (χ0v) is 16.8. The van der Waals surface area contributed by atoms with E-state index in [-0.39, 0.29) is 5.54 Å². The first-order chi connectivity index (χ1) is 13.9. The van der Waals surface area contributed by atoms with Crippen molar-refractivity contribution in [1.29, 1.82) is 0 Å². The first kappa shape index (κ1) is 17.8. The first-order valence-electron chi connectivity index (χ1n) is 10.1. The van der Waals surface area contributed by atoms with E-state index in [1.807, 2.05) is 11.8 Å². The molecule has 3 aromatic rings. The van der Waals surface area contributed by atoms with Crippen LogP contribution in [-0.4, -0.2) is 23.2 Å². The molecule has 0 saturated carbocycles. The highest BCUT2D eigenvalue weighted by atomic mass is 32.2. The van der Waals surface area contributed by atoms with Gasteiger partial charge in [0.05, 0.1) is 5.54 Å². The molecule has 0 aromatic heterocycles. The van der Waals surface area contributed by atoms with Crippen molar-refractivity contribution in [3.05, 3.63) is 119 Å². The Balaban J connectivity index is 1.74. The number of benzene rings is 3. The molecule has 2 atom stereocenters. The molecule has 2 unspecified atom stereocenters. The van der Waals surface area contributed by atoms with Crippen LogP contribution in [0.3, 0.4) is 0 Å². The average Bonchev–Trinajstić information content (AvgIpc) is 3.25. The predicted molar refractivity (Wildman–Crippen MR) is 119 cm³/mol. The van der Waals surface area contributed by atoms with Crippen LogP contribution in [0.25, 0.3) is 0 Å². The van der Waals surface area contributed by atoms with Gasteiger partial charge >= 0.3 is 0 Å². The Bertz CT molecular complexity index is 839. The van der Waals surface area contributed by atoms with Crippen LogP contribution in [0.15, 0.2) is 102 Å². The molecule has 140 valence electrons. The molecule has 0 amide bonds. The highest BCUT2D eigenvalue weighted by molar-refractivity contribution is 8.03. The summed E-state index contributed by atoms with van der Waals surface area (Å²) in [5.41, 5.74) is 3.77. The van der Waals surface area contributed by atoms with Gasteiger partial charge in [0.2, 0.25) is 0 Å². The van der Waals surface area contributed by atoms with Crippen molar-refractivity contribution >= 4 is 11.8 Å². The minimum absolute atomic E-state index is 0.268. The highest BCUT2D eigenvalue weighted by Gasteiger charge is 2.45. The third-order valence-electron chi connectivity index (χ3n) is 6.22. The van der Waals surface area contributed by atoms with Crippen molar-refractivity contribution in [2.45, 2.75) is 17.2 Å². The molecule has 1 saturated heterocycles. The van der Waals surface area contributed by atoms with Gasteiger partial charge in [0, 0.05) is 24.3 Å². The fraction of sp³-hybridized carbons (Fsp3) is 0.231. The van der Waals surface area contributed by atoms with Crippen molar-refractivity contribution in [2.24, 2.45) is 5.92 Å². The topological polar surface area (TPSA) is 3.24 Å². The molecule has 2 heteroatoms. The largest absolute Gasteiger partial charge is 0.285 e. The SMILES string of the molecule is C1=CC2CN(C(c3ccccc3)(c3ccccc3)c3ccccc3)CCC2S1. The van der Waals surface area contributed by atoms with Crippen LogP contribution in [0.4, 0.5) is 0 Å². The molecule has 1 fully saturated rings. The molecule has 2 aliphatic heterocycles. The fourth-order valence-corrected chi connectivity index (χ4v) is 6.07. The molecule has 5 rings (SSSR count). The molecular weight excluding hydrogens is 358 g/mol. The second-order valence-electron chi connectivity index (χ2n) is 7.71. The summed E-state index contributed by atoms with van der Waals surface area (Å²) in [5, 5.41) is 3.06. The lowest BCUT2D eigenvalue weighted by Crippen LogP contribution is -2.53. The van der Waals surface area contributed by atoms with Gasteiger partial charge in [-0.15, -0.1) is 11.8 Å². The Labute approximate surface area is 172 Å². The van der Waals surface area contributed by atoms with E-state index in [0.29, 0.717) is 5.92 Å². The average molecular weight is 384 g/mol. The fourth-order valence-electron chi connectivity index (χ4n) is 4.95. The maximum Gasteiger partial charge on any atom is 0.0973 e. The Morgan fingerprint density at radius 1 is 0.714 bits per heavy atom. The number of nitrogens with zero attached hydrogens (tertiary/aromatic N) is 1. The van der Waals surface area contributed by atoms with Gasteiger partial charge in [0.15, 0.2) is 0 Å². The summed E-state index contributed by atoms with van der Waals surface area (Å²) in [5.74, 6) is 0.634. The van der Waals surface area contributed by atoms with Crippen LogP contribution in [0, 0.1) is 5.92 Å². The summed E-state index contributed by atoms with van der Waals surface area (Å²) < 4.78 is 0. The molecular formula is C26H25NS. The lowest BCUT2D eigenvalue weighted by Gasteiger charge is -2.49. The van der Waals surface area contributed by atoms with Crippen LogP contribution in [-0.2, 0) is 5.54 Å². The quantitative estimate of drug-likeness (QED) is 0.514. The summed E-state index contributed by atoms with van der Waals surface area (Å²) in [6, 6.07) is 33.2. The van der Waals surface area contributed by atoms with Gasteiger partial charge in [-0.1, -0.05) is 97.1 Å². The Morgan fingerprint density at radius 3 is 1.71 bits per heavy atom. The summed E-state index contributed by atoms with van der Waals surface area (Å²) in [7, 11) is 0. The van der Waals surface area contributed by atoms with Crippen LogP contribution in [0.1, 0.15) is 23.1 Å². The van der Waals surface area contributed by atoms with E-state index in [1.165, 1.54) is 23.1 Å². The summed E-state index contributed by atoms with van der Waals surface area (Å²) >= 11 is 2.02. The first-order valence-corrected chi connectivity index (χ1v) is 11.1. The zero-order valence-electron chi connectivity index (χ0n) is 15.9. The highest BCUT2D eigenvalue weighted by Crippen LogP contribution is 2.46. The number of hydrogen-bond acceptors (Lipinski definition) is 2. The van der Waals surface area contributed by atoms with Crippen molar-refractivity contribution in [1.82, 2.24) is 4.90 Å². The standard InChI is InChI=1S/C26H25NS/c1-4-10-22(11-5-1)26(23-12-6-2-7-13-23,24-14-8-3-9-15-24)27-18-16-25-21(20-27)17-19-28-25/h1-15,17,19,21,25H,16,18,20H2. The van der Waals surface area contributed by atoms with E-state index in [1.54, 1.807) is 0 Å². The van der Waals surface area contributed by atoms with E-state index in [9.17, 15) is 0 Å². The summed E-state index contributed by atoms with van der Waals surface area (Å²) in [6.45, 7) is 2.20. The number of fused-ring (bicyclic) bond motifs is 1. The molecule has 1 nitrogen and oxygen atoms in total. The Hall–Kier alpha value is -2.29. The third kappa shape index (κ3) is 2.92. The number of piperidine rings is 1. The van der Waals surface area contributed by atoms with Crippen molar-refractivity contribution in [3.63, 3.8) is 0 Å². The van der Waals surface area contributed by atoms with Gasteiger partial charge in [-0.3, -0.25) is 4.90 Å². The third-order valence-corrected chi connectivity index (χ3v) is 7.47. The van der Waals surface area contributed by atoms with E-state index < -0.39 is 0 Å². The van der Waals surface area contributed by atoms with Gasteiger partial charge < -0.3 is 0 Å². The zero-order chi connectivity index (χ0) is 18.8. The molecule has 0 spiro atoms. The van der Waals surface area contributed by atoms with Crippen LogP contribution < -0.4 is 0 Å². The number of thioether (sulfide) groups is 1. The monoisotopic (exact) mass is 383 g/mol. The Morgan fingerprint density at radius 2 is 1.21 bits per heavy atom. The minimum atomic E-state index is -0.268. The molecule has 2 aliphatic rings. The minimum Gasteiger partial charge on any atom is -0.285 e. The molecule has 0 N–H and O–H groups in total. The molecule has 0 aliphatic carbocycles. The second-order valence-corrected chi connectivity index (χ2v) is 8.86. The van der Waals surface area contributed by atoms with Crippen molar-refractivity contribution in [3.8, 4) is 0 Å². The van der Waals surface area contributed by atoms with Gasteiger partial charge in [0.25, 0.3) is 0 Å². The van der Waals surface area contributed by atoms with E-state index in [0.717, 1.165) is 18.3 Å². The normalized spacial score (nSPS) is 22.1. The van der Waals surface area contributed by atoms with Gasteiger partial charge in [-0.2, -0.15) is 0 Å². The number of hydrogen-bond donors (Lipinski definition) is 0. The maximum absolute atomic E-state index is 2.73. The maximum atomic E-state index is 2.73. The molecule has 28 heavy (non-hydrogen) atoms. The van der Waals surface area contributed by atoms with Gasteiger partial charge in [0.1, 0.15) is 0 Å². The lowest BCUT2D eigenvalue weighted by atomic mass is 9.74. The molecule has 0 radical (unpaired) electrons. The summed E-state index contributed by atoms with van der Waals surface area (Å²) in [6.07, 6.45) is 3.66. The van der Waals surface area contributed by atoms with E-state index in [2.05, 4.69) is 107 Å². The smallest absolute Gasteiger partial charge is 0.0973 e. The molecule has 3 aromatic carbocycles. The summed E-state index contributed by atoms with van der Waals surface area (Å²) in [4.78, 5) is 2.73. The number of rotatable bonds is 4. The van der Waals surface area contributed by atoms with E-state index >= 15 is 0 Å². The van der Waals surface area contributed by atoms with Gasteiger partial charge in [-0.25, -0.2) is 0 Å². The van der Waals surface area contributed by atoms with Crippen molar-refractivity contribution in [2.75, 3.05) is 13.1 Å². The van der Waals surface area contributed by atoms with Crippen LogP contribution in [0.5, 0.6) is 0 Å². The second kappa shape index (κ2) is 7.62. The lowest BCUT2D eigenvalue weighted by molar-refractivity contribution is 0.111. The van der Waals surface area contributed by atoms with Crippen LogP contribution >= 0.6 is 11.8 Å². The van der Waals surface area contributed by atoms with Crippen molar-refractivity contribution < 1.29 is 0 Å². The van der Waals surface area contributed by atoms with E-state index in [4.69, 9.17) is 0 Å². The van der Waals surface area contributed by atoms with Crippen LogP contribution in [0.2, 0.25) is 0 Å². The predicted octanol–water partition coefficient (Wildman–Crippen LogP) is 5.93. The van der Waals surface area contributed by atoms with Gasteiger partial charge in [-0.05, 0) is 28.5 Å². The molecule has 0 bridgehead atoms. The Kier molecular flexibility index (Phi) is 4.84.